The molecule has 8 nitrogen and oxygen atoms in total. The average Bonchev–Trinajstić information content (AvgIpc) is 2.47. The third-order valence-corrected chi connectivity index (χ3v) is 2.78. The molecule has 0 aliphatic rings. The third kappa shape index (κ3) is 2.09. The van der Waals surface area contributed by atoms with Crippen LogP contribution in [0, 0.1) is 0 Å². The number of rotatable bonds is 3. The number of nitrogens with two attached hydrogens (primary N) is 1. The zero-order valence-electron chi connectivity index (χ0n) is 7.65. The molecule has 0 fully saturated rings. The van der Waals surface area contributed by atoms with Crippen molar-refractivity contribution in [3.05, 3.63) is 28.4 Å². The largest absolute Gasteiger partial charge is 0.364 e. The highest BCUT2D eigenvalue weighted by Gasteiger charge is 2.17. The number of aryl methyl sites for hydroxylation is 1. The Morgan fingerprint density at radius 1 is 1.67 bits per heavy atom. The first-order valence-corrected chi connectivity index (χ1v) is 5.10. The first kappa shape index (κ1) is 11.1. The minimum absolute atomic E-state index is 0.0155. The second-order valence-corrected chi connectivity index (χ2v) is 4.27. The number of sulfonamides is 1. The molecule has 1 aromatic heterocycles. The maximum atomic E-state index is 11.2. The average molecular weight is 229 g/mol. The topological polar surface area (TPSA) is 131 Å². The molecule has 80 valence electrons. The first-order valence-electron chi connectivity index (χ1n) is 3.66. The molecular formula is C6H7N5O3S. The van der Waals surface area contributed by atoms with E-state index >= 15 is 0 Å². The number of azide groups is 1. The van der Waals surface area contributed by atoms with Gasteiger partial charge in [-0.2, -0.15) is 0 Å². The standard InChI is InChI=1S/C6H7N5O3S/c1-11-3-4(2-5(11)6(7)12)15(13,14)10-9-8/h2-3H,1H3,(H2,7,12). The summed E-state index contributed by atoms with van der Waals surface area (Å²) in [5.74, 6) is -0.764. The predicted molar refractivity (Wildman–Crippen MR) is 50.3 cm³/mol. The minimum atomic E-state index is -4.07. The molecule has 0 radical (unpaired) electrons. The highest BCUT2D eigenvalue weighted by Crippen LogP contribution is 2.15. The van der Waals surface area contributed by atoms with Crippen molar-refractivity contribution in [2.75, 3.05) is 0 Å². The first-order chi connectivity index (χ1) is 6.88. The molecule has 1 rings (SSSR count). The van der Waals surface area contributed by atoms with E-state index in [1.165, 1.54) is 11.6 Å². The second kappa shape index (κ2) is 3.64. The van der Waals surface area contributed by atoms with E-state index in [-0.39, 0.29) is 10.6 Å². The van der Waals surface area contributed by atoms with Crippen LogP contribution >= 0.6 is 0 Å². The Kier molecular flexibility index (Phi) is 2.69. The van der Waals surface area contributed by atoms with Crippen LogP contribution in [0.4, 0.5) is 0 Å². The monoisotopic (exact) mass is 229 g/mol. The summed E-state index contributed by atoms with van der Waals surface area (Å²) in [6.45, 7) is 0. The van der Waals surface area contributed by atoms with Crippen LogP contribution in [0.25, 0.3) is 10.4 Å². The molecule has 0 aliphatic heterocycles. The third-order valence-electron chi connectivity index (χ3n) is 1.67. The fourth-order valence-corrected chi connectivity index (χ4v) is 1.76. The Morgan fingerprint density at radius 3 is 2.67 bits per heavy atom. The number of aromatic nitrogens is 1. The molecule has 0 spiro atoms. The zero-order valence-corrected chi connectivity index (χ0v) is 8.47. The molecule has 1 aromatic rings. The lowest BCUT2D eigenvalue weighted by atomic mass is 10.4. The van der Waals surface area contributed by atoms with Gasteiger partial charge in [-0.25, -0.2) is 8.42 Å². The van der Waals surface area contributed by atoms with E-state index in [4.69, 9.17) is 11.3 Å². The lowest BCUT2D eigenvalue weighted by molar-refractivity contribution is 0.0992. The Bertz CT molecular complexity index is 551. The van der Waals surface area contributed by atoms with Crippen LogP contribution in [-0.2, 0) is 17.1 Å². The van der Waals surface area contributed by atoms with Crippen molar-refractivity contribution in [1.82, 2.24) is 4.57 Å². The van der Waals surface area contributed by atoms with E-state index in [1.54, 1.807) is 0 Å². The van der Waals surface area contributed by atoms with Crippen molar-refractivity contribution in [2.45, 2.75) is 4.90 Å². The number of hydrogen-bond donors (Lipinski definition) is 1. The molecule has 9 heteroatoms. The lowest BCUT2D eigenvalue weighted by Crippen LogP contribution is -2.14. The predicted octanol–water partition coefficient (Wildman–Crippen LogP) is 0.123. The summed E-state index contributed by atoms with van der Waals surface area (Å²) in [4.78, 5) is 12.7. The molecule has 0 aliphatic carbocycles. The second-order valence-electron chi connectivity index (χ2n) is 2.68. The molecule has 0 saturated heterocycles. The van der Waals surface area contributed by atoms with Crippen LogP contribution in [-0.4, -0.2) is 18.9 Å². The number of carbonyl (C=O) groups is 1. The van der Waals surface area contributed by atoms with Gasteiger partial charge in [0.25, 0.3) is 15.9 Å². The maximum absolute atomic E-state index is 11.2. The molecule has 0 saturated carbocycles. The molecule has 15 heavy (non-hydrogen) atoms. The quantitative estimate of drug-likeness (QED) is 0.448. The minimum Gasteiger partial charge on any atom is -0.364 e. The van der Waals surface area contributed by atoms with E-state index in [0.29, 0.717) is 0 Å². The van der Waals surface area contributed by atoms with Gasteiger partial charge in [-0.15, -0.1) is 0 Å². The van der Waals surface area contributed by atoms with Gasteiger partial charge in [0.15, 0.2) is 0 Å². The van der Waals surface area contributed by atoms with Gasteiger partial charge >= 0.3 is 0 Å². The molecule has 1 amide bonds. The maximum Gasteiger partial charge on any atom is 0.265 e. The van der Waals surface area contributed by atoms with Crippen molar-refractivity contribution in [2.24, 2.45) is 17.3 Å². The Morgan fingerprint density at radius 2 is 2.27 bits per heavy atom. The fourth-order valence-electron chi connectivity index (χ4n) is 1.02. The van der Waals surface area contributed by atoms with E-state index in [0.717, 1.165) is 12.3 Å². The zero-order chi connectivity index (χ0) is 11.6. The van der Waals surface area contributed by atoms with Gasteiger partial charge < -0.3 is 10.3 Å². The summed E-state index contributed by atoms with van der Waals surface area (Å²) in [7, 11) is -2.61. The van der Waals surface area contributed by atoms with Gasteiger partial charge in [-0.3, -0.25) is 4.79 Å². The molecule has 0 unspecified atom stereocenters. The number of hydrogen-bond acceptors (Lipinski definition) is 3. The van der Waals surface area contributed by atoms with Crippen molar-refractivity contribution < 1.29 is 13.2 Å². The van der Waals surface area contributed by atoms with E-state index in [1.807, 2.05) is 0 Å². The van der Waals surface area contributed by atoms with Crippen LogP contribution < -0.4 is 5.73 Å². The number of nitrogens with zero attached hydrogens (tertiary/aromatic N) is 4. The summed E-state index contributed by atoms with van der Waals surface area (Å²) in [5, 5.41) is 0. The number of primary amides is 1. The molecular weight excluding hydrogens is 222 g/mol. The van der Waals surface area contributed by atoms with Gasteiger partial charge in [0.2, 0.25) is 0 Å². The summed E-state index contributed by atoms with van der Waals surface area (Å²) < 4.78 is 26.3. The van der Waals surface area contributed by atoms with Crippen LogP contribution in [0.3, 0.4) is 0 Å². The van der Waals surface area contributed by atoms with Gasteiger partial charge in [0.1, 0.15) is 5.69 Å². The SMILES string of the molecule is Cn1cc(S(=O)(=O)N=[N+]=[N-])cc1C(N)=O. The molecule has 0 aromatic carbocycles. The molecule has 0 bridgehead atoms. The van der Waals surface area contributed by atoms with Crippen molar-refractivity contribution >= 4 is 15.9 Å². The summed E-state index contributed by atoms with van der Waals surface area (Å²) in [6, 6.07) is 1.05. The summed E-state index contributed by atoms with van der Waals surface area (Å²) in [6.07, 6.45) is 1.14. The molecule has 1 heterocycles. The summed E-state index contributed by atoms with van der Waals surface area (Å²) in [5.41, 5.74) is 13.0. The van der Waals surface area contributed by atoms with Gasteiger partial charge in [0.05, 0.1) is 4.90 Å². The molecule has 2 N–H and O–H groups in total. The number of carbonyl (C=O) groups excluding carboxylic acids is 1. The van der Waals surface area contributed by atoms with Crippen LogP contribution in [0.15, 0.2) is 21.7 Å². The Labute approximate surface area is 85.0 Å². The van der Waals surface area contributed by atoms with Crippen LogP contribution in [0.1, 0.15) is 10.5 Å². The van der Waals surface area contributed by atoms with Gasteiger partial charge in [-0.1, -0.05) is 0 Å². The van der Waals surface area contributed by atoms with Gasteiger partial charge in [-0.05, 0) is 11.6 Å². The Hall–Kier alpha value is -1.99. The van der Waals surface area contributed by atoms with E-state index < -0.39 is 15.9 Å². The lowest BCUT2D eigenvalue weighted by Gasteiger charge is -1.94. The normalized spacial score (nSPS) is 10.7. The van der Waals surface area contributed by atoms with Gasteiger partial charge in [0, 0.05) is 22.7 Å². The van der Waals surface area contributed by atoms with Crippen molar-refractivity contribution in [1.29, 1.82) is 0 Å². The van der Waals surface area contributed by atoms with E-state index in [2.05, 4.69) is 9.43 Å². The Balaban J connectivity index is 3.37. The molecule has 0 atom stereocenters. The smallest absolute Gasteiger partial charge is 0.265 e. The highest BCUT2D eigenvalue weighted by molar-refractivity contribution is 7.90. The van der Waals surface area contributed by atoms with E-state index in [9.17, 15) is 13.2 Å². The van der Waals surface area contributed by atoms with Crippen LogP contribution in [0.5, 0.6) is 0 Å². The fraction of sp³-hybridized carbons (Fsp3) is 0.167. The number of amides is 1. The summed E-state index contributed by atoms with van der Waals surface area (Å²) >= 11 is 0. The van der Waals surface area contributed by atoms with Crippen molar-refractivity contribution in [3.8, 4) is 0 Å². The van der Waals surface area contributed by atoms with Crippen LogP contribution in [0.2, 0.25) is 0 Å². The highest BCUT2D eigenvalue weighted by atomic mass is 32.2. The van der Waals surface area contributed by atoms with Crippen molar-refractivity contribution in [3.63, 3.8) is 0 Å².